The first kappa shape index (κ1) is 12.1. The number of ether oxygens (including phenoxy) is 1. The SMILES string of the molecule is NCc1ccc(-c2nc(N3CCOCC3)no2)nc1. The molecule has 0 radical (unpaired) electrons. The zero-order chi connectivity index (χ0) is 13.1. The molecule has 0 amide bonds. The second kappa shape index (κ2) is 5.33. The normalized spacial score (nSPS) is 15.7. The number of hydrogen-bond acceptors (Lipinski definition) is 7. The van der Waals surface area contributed by atoms with Crippen molar-refractivity contribution in [1.29, 1.82) is 0 Å². The van der Waals surface area contributed by atoms with Crippen molar-refractivity contribution in [3.05, 3.63) is 23.9 Å². The molecule has 0 spiro atoms. The molecule has 1 saturated heterocycles. The Hall–Kier alpha value is -1.99. The molecule has 0 aromatic carbocycles. The van der Waals surface area contributed by atoms with Gasteiger partial charge in [0.25, 0.3) is 11.8 Å². The van der Waals surface area contributed by atoms with Crippen molar-refractivity contribution in [3.63, 3.8) is 0 Å². The zero-order valence-electron chi connectivity index (χ0n) is 10.5. The Morgan fingerprint density at radius 3 is 2.79 bits per heavy atom. The first-order chi connectivity index (χ1) is 9.36. The summed E-state index contributed by atoms with van der Waals surface area (Å²) >= 11 is 0. The van der Waals surface area contributed by atoms with Gasteiger partial charge in [0.15, 0.2) is 0 Å². The van der Waals surface area contributed by atoms with Crippen molar-refractivity contribution in [3.8, 4) is 11.6 Å². The van der Waals surface area contributed by atoms with Crippen molar-refractivity contribution in [2.45, 2.75) is 6.54 Å². The molecule has 1 aliphatic rings. The minimum absolute atomic E-state index is 0.421. The van der Waals surface area contributed by atoms with Gasteiger partial charge in [0.1, 0.15) is 5.69 Å². The van der Waals surface area contributed by atoms with E-state index in [1.165, 1.54) is 0 Å². The van der Waals surface area contributed by atoms with Crippen LogP contribution in [0.15, 0.2) is 22.9 Å². The van der Waals surface area contributed by atoms with Crippen molar-refractivity contribution in [2.75, 3.05) is 31.2 Å². The van der Waals surface area contributed by atoms with Gasteiger partial charge in [-0.15, -0.1) is 0 Å². The molecular weight excluding hydrogens is 246 g/mol. The van der Waals surface area contributed by atoms with Gasteiger partial charge in [-0.2, -0.15) is 4.98 Å². The smallest absolute Gasteiger partial charge is 0.278 e. The van der Waals surface area contributed by atoms with E-state index >= 15 is 0 Å². The predicted molar refractivity (Wildman–Crippen MR) is 68.5 cm³/mol. The highest BCUT2D eigenvalue weighted by Crippen LogP contribution is 2.19. The number of morpholine rings is 1. The summed E-state index contributed by atoms with van der Waals surface area (Å²) in [5.41, 5.74) is 7.16. The third-order valence-corrected chi connectivity index (χ3v) is 2.99. The molecule has 2 N–H and O–H groups in total. The van der Waals surface area contributed by atoms with Crippen LogP contribution < -0.4 is 10.6 Å². The highest BCUT2D eigenvalue weighted by Gasteiger charge is 2.18. The molecule has 0 bridgehead atoms. The quantitative estimate of drug-likeness (QED) is 0.856. The molecule has 0 saturated carbocycles. The Labute approximate surface area is 110 Å². The molecule has 3 rings (SSSR count). The number of anilines is 1. The minimum Gasteiger partial charge on any atom is -0.378 e. The third-order valence-electron chi connectivity index (χ3n) is 2.99. The van der Waals surface area contributed by atoms with E-state index < -0.39 is 0 Å². The van der Waals surface area contributed by atoms with Crippen LogP contribution in [0.1, 0.15) is 5.56 Å². The van der Waals surface area contributed by atoms with Gasteiger partial charge in [-0.3, -0.25) is 4.98 Å². The molecule has 0 unspecified atom stereocenters. The second-order valence-corrected chi connectivity index (χ2v) is 4.25. The van der Waals surface area contributed by atoms with Gasteiger partial charge in [0.2, 0.25) is 0 Å². The second-order valence-electron chi connectivity index (χ2n) is 4.25. The highest BCUT2D eigenvalue weighted by atomic mass is 16.5. The third kappa shape index (κ3) is 2.56. The Morgan fingerprint density at radius 1 is 1.26 bits per heavy atom. The number of rotatable bonds is 3. The highest BCUT2D eigenvalue weighted by molar-refractivity contribution is 5.49. The molecule has 100 valence electrons. The van der Waals surface area contributed by atoms with Crippen LogP contribution in [0.3, 0.4) is 0 Å². The van der Waals surface area contributed by atoms with Crippen molar-refractivity contribution < 1.29 is 9.26 Å². The monoisotopic (exact) mass is 261 g/mol. The summed E-state index contributed by atoms with van der Waals surface area (Å²) < 4.78 is 10.5. The standard InChI is InChI=1S/C12H15N5O2/c13-7-9-1-2-10(14-8-9)11-15-12(16-19-11)17-3-5-18-6-4-17/h1-2,8H,3-7,13H2. The molecule has 1 aliphatic heterocycles. The van der Waals surface area contributed by atoms with Crippen LogP contribution in [0, 0.1) is 0 Å². The van der Waals surface area contributed by atoms with Gasteiger partial charge >= 0.3 is 0 Å². The van der Waals surface area contributed by atoms with Gasteiger partial charge in [-0.25, -0.2) is 0 Å². The first-order valence-corrected chi connectivity index (χ1v) is 6.18. The maximum absolute atomic E-state index is 5.53. The Morgan fingerprint density at radius 2 is 2.11 bits per heavy atom. The van der Waals surface area contributed by atoms with Crippen molar-refractivity contribution in [2.24, 2.45) is 5.73 Å². The summed E-state index contributed by atoms with van der Waals surface area (Å²) in [6, 6.07) is 3.74. The lowest BCUT2D eigenvalue weighted by Gasteiger charge is -2.24. The summed E-state index contributed by atoms with van der Waals surface area (Å²) in [6.45, 7) is 3.40. The van der Waals surface area contributed by atoms with E-state index in [0.29, 0.717) is 37.3 Å². The summed E-state index contributed by atoms with van der Waals surface area (Å²) in [7, 11) is 0. The largest absolute Gasteiger partial charge is 0.378 e. The number of hydrogen-bond donors (Lipinski definition) is 1. The Balaban J connectivity index is 1.79. The van der Waals surface area contributed by atoms with Crippen molar-refractivity contribution >= 4 is 5.95 Å². The number of pyridine rings is 1. The van der Waals surface area contributed by atoms with Crippen molar-refractivity contribution in [1.82, 2.24) is 15.1 Å². The van der Waals surface area contributed by atoms with Gasteiger partial charge in [0.05, 0.1) is 13.2 Å². The van der Waals surface area contributed by atoms with Crippen LogP contribution in [0.25, 0.3) is 11.6 Å². The molecule has 2 aromatic heterocycles. The van der Waals surface area contributed by atoms with E-state index in [9.17, 15) is 0 Å². The lowest BCUT2D eigenvalue weighted by molar-refractivity contribution is 0.121. The van der Waals surface area contributed by atoms with Crippen LogP contribution in [0.5, 0.6) is 0 Å². The van der Waals surface area contributed by atoms with Crippen LogP contribution in [0.2, 0.25) is 0 Å². The van der Waals surface area contributed by atoms with Gasteiger partial charge in [-0.1, -0.05) is 6.07 Å². The molecule has 3 heterocycles. The Bertz CT molecular complexity index is 533. The van der Waals surface area contributed by atoms with E-state index in [-0.39, 0.29) is 0 Å². The maximum Gasteiger partial charge on any atom is 0.278 e. The van der Waals surface area contributed by atoms with Crippen LogP contribution >= 0.6 is 0 Å². The average Bonchev–Trinajstić information content (AvgIpc) is 2.98. The molecule has 1 fully saturated rings. The number of aromatic nitrogens is 3. The maximum atomic E-state index is 5.53. The van der Waals surface area contributed by atoms with Gasteiger partial charge in [0, 0.05) is 25.8 Å². The lowest BCUT2D eigenvalue weighted by atomic mass is 10.2. The summed E-state index contributed by atoms with van der Waals surface area (Å²) in [4.78, 5) is 10.6. The lowest BCUT2D eigenvalue weighted by Crippen LogP contribution is -2.36. The molecule has 7 heteroatoms. The van der Waals surface area contributed by atoms with Crippen LogP contribution in [-0.4, -0.2) is 41.4 Å². The number of nitrogens with two attached hydrogens (primary N) is 1. The molecule has 19 heavy (non-hydrogen) atoms. The van der Waals surface area contributed by atoms with E-state index in [1.54, 1.807) is 6.20 Å². The summed E-state index contributed by atoms with van der Waals surface area (Å²) in [5, 5.41) is 3.98. The Kier molecular flexibility index (Phi) is 3.39. The molecule has 7 nitrogen and oxygen atoms in total. The van der Waals surface area contributed by atoms with Crippen LogP contribution in [0.4, 0.5) is 5.95 Å². The minimum atomic E-state index is 0.421. The summed E-state index contributed by atoms with van der Waals surface area (Å²) in [6.07, 6.45) is 1.72. The van der Waals surface area contributed by atoms with Gasteiger partial charge < -0.3 is 19.9 Å². The fourth-order valence-electron chi connectivity index (χ4n) is 1.88. The fourth-order valence-corrected chi connectivity index (χ4v) is 1.88. The fraction of sp³-hybridized carbons (Fsp3) is 0.417. The predicted octanol–water partition coefficient (Wildman–Crippen LogP) is 0.427. The number of nitrogens with zero attached hydrogens (tertiary/aromatic N) is 4. The van der Waals surface area contributed by atoms with E-state index in [1.807, 2.05) is 17.0 Å². The zero-order valence-corrected chi connectivity index (χ0v) is 10.5. The van der Waals surface area contributed by atoms with Crippen LogP contribution in [-0.2, 0) is 11.3 Å². The molecule has 0 atom stereocenters. The molecule has 0 aliphatic carbocycles. The average molecular weight is 261 g/mol. The van der Waals surface area contributed by atoms with E-state index in [2.05, 4.69) is 15.1 Å². The first-order valence-electron chi connectivity index (χ1n) is 6.18. The van der Waals surface area contributed by atoms with Gasteiger partial charge in [-0.05, 0) is 16.8 Å². The topological polar surface area (TPSA) is 90.3 Å². The van der Waals surface area contributed by atoms with E-state index in [4.69, 9.17) is 15.0 Å². The molecular formula is C12H15N5O2. The van der Waals surface area contributed by atoms with E-state index in [0.717, 1.165) is 18.7 Å². The summed E-state index contributed by atoms with van der Waals surface area (Å²) in [5.74, 6) is 1.01. The molecule has 2 aromatic rings.